The highest BCUT2D eigenvalue weighted by Gasteiger charge is 2.23. The molecule has 3 nitrogen and oxygen atoms in total. The molecule has 2 rings (SSSR count). The van der Waals surface area contributed by atoms with E-state index in [9.17, 15) is 0 Å². The van der Waals surface area contributed by atoms with Gasteiger partial charge in [-0.25, -0.2) is 0 Å². The summed E-state index contributed by atoms with van der Waals surface area (Å²) in [6.45, 7) is 5.80. The summed E-state index contributed by atoms with van der Waals surface area (Å²) in [5, 5.41) is 3.34. The van der Waals surface area contributed by atoms with Crippen molar-refractivity contribution >= 4 is 0 Å². The van der Waals surface area contributed by atoms with Crippen molar-refractivity contribution in [2.75, 3.05) is 27.2 Å². The van der Waals surface area contributed by atoms with Crippen LogP contribution in [0.4, 0.5) is 0 Å². The van der Waals surface area contributed by atoms with Crippen molar-refractivity contribution in [1.29, 1.82) is 0 Å². The molecule has 1 aromatic rings. The van der Waals surface area contributed by atoms with Crippen LogP contribution in [-0.4, -0.2) is 38.2 Å². The monoisotopic (exact) mass is 262 g/mol. The SMILES string of the molecule is CNC(C)CC1CCN(Cc2ccc(OC)cc2)C1. The molecule has 0 spiro atoms. The minimum absolute atomic E-state index is 0.630. The summed E-state index contributed by atoms with van der Waals surface area (Å²) in [7, 11) is 3.76. The zero-order chi connectivity index (χ0) is 13.7. The molecule has 1 aromatic carbocycles. The van der Waals surface area contributed by atoms with Crippen molar-refractivity contribution in [3.8, 4) is 5.75 Å². The Morgan fingerprint density at radius 3 is 2.74 bits per heavy atom. The second-order valence-electron chi connectivity index (χ2n) is 5.66. The molecule has 0 radical (unpaired) electrons. The fourth-order valence-electron chi connectivity index (χ4n) is 2.86. The van der Waals surface area contributed by atoms with E-state index >= 15 is 0 Å². The minimum Gasteiger partial charge on any atom is -0.497 e. The number of hydrogen-bond acceptors (Lipinski definition) is 3. The van der Waals surface area contributed by atoms with E-state index in [4.69, 9.17) is 4.74 Å². The molecule has 1 fully saturated rings. The number of benzene rings is 1. The van der Waals surface area contributed by atoms with E-state index in [1.807, 2.05) is 12.1 Å². The van der Waals surface area contributed by atoms with Gasteiger partial charge in [-0.3, -0.25) is 4.90 Å². The summed E-state index contributed by atoms with van der Waals surface area (Å²) < 4.78 is 5.19. The van der Waals surface area contributed by atoms with Crippen LogP contribution in [0.15, 0.2) is 24.3 Å². The van der Waals surface area contributed by atoms with Gasteiger partial charge >= 0.3 is 0 Å². The van der Waals surface area contributed by atoms with Crippen LogP contribution in [0.25, 0.3) is 0 Å². The number of nitrogens with one attached hydrogen (secondary N) is 1. The standard InChI is InChI=1S/C16H26N2O/c1-13(17-2)10-15-8-9-18(12-15)11-14-4-6-16(19-3)7-5-14/h4-7,13,15,17H,8-12H2,1-3H3. The lowest BCUT2D eigenvalue weighted by Crippen LogP contribution is -2.26. The molecular formula is C16H26N2O. The van der Waals surface area contributed by atoms with Gasteiger partial charge in [0.25, 0.3) is 0 Å². The van der Waals surface area contributed by atoms with E-state index in [2.05, 4.69) is 36.3 Å². The van der Waals surface area contributed by atoms with Crippen molar-refractivity contribution in [3.63, 3.8) is 0 Å². The van der Waals surface area contributed by atoms with Crippen LogP contribution in [-0.2, 0) is 6.54 Å². The quantitative estimate of drug-likeness (QED) is 0.852. The van der Waals surface area contributed by atoms with Crippen molar-refractivity contribution < 1.29 is 4.74 Å². The van der Waals surface area contributed by atoms with Crippen molar-refractivity contribution in [2.45, 2.75) is 32.4 Å². The van der Waals surface area contributed by atoms with Crippen molar-refractivity contribution in [2.24, 2.45) is 5.92 Å². The van der Waals surface area contributed by atoms with Crippen LogP contribution >= 0.6 is 0 Å². The first-order valence-electron chi connectivity index (χ1n) is 7.23. The lowest BCUT2D eigenvalue weighted by molar-refractivity contribution is 0.307. The minimum atomic E-state index is 0.630. The summed E-state index contributed by atoms with van der Waals surface area (Å²) in [6, 6.07) is 9.06. The number of nitrogens with zero attached hydrogens (tertiary/aromatic N) is 1. The molecule has 2 unspecified atom stereocenters. The molecule has 2 atom stereocenters. The Kier molecular flexibility index (Phi) is 5.23. The Bertz CT molecular complexity index is 377. The van der Waals surface area contributed by atoms with Gasteiger partial charge in [0.05, 0.1) is 7.11 Å². The van der Waals surface area contributed by atoms with Crippen LogP contribution in [0.2, 0.25) is 0 Å². The fourth-order valence-corrected chi connectivity index (χ4v) is 2.86. The second kappa shape index (κ2) is 6.92. The number of likely N-dealkylation sites (tertiary alicyclic amines) is 1. The molecule has 0 aliphatic carbocycles. The lowest BCUT2D eigenvalue weighted by Gasteiger charge is -2.18. The third-order valence-electron chi connectivity index (χ3n) is 4.11. The normalized spacial score (nSPS) is 21.5. The summed E-state index contributed by atoms with van der Waals surface area (Å²) in [6.07, 6.45) is 2.62. The Morgan fingerprint density at radius 1 is 1.37 bits per heavy atom. The smallest absolute Gasteiger partial charge is 0.118 e. The average molecular weight is 262 g/mol. The maximum absolute atomic E-state index is 5.19. The zero-order valence-electron chi connectivity index (χ0n) is 12.4. The van der Waals surface area contributed by atoms with E-state index in [0.717, 1.165) is 18.2 Å². The zero-order valence-corrected chi connectivity index (χ0v) is 12.4. The van der Waals surface area contributed by atoms with Gasteiger partial charge in [-0.2, -0.15) is 0 Å². The van der Waals surface area contributed by atoms with Gasteiger partial charge in [0.1, 0.15) is 5.75 Å². The van der Waals surface area contributed by atoms with E-state index in [1.54, 1.807) is 7.11 Å². The number of ether oxygens (including phenoxy) is 1. The molecule has 0 aromatic heterocycles. The largest absolute Gasteiger partial charge is 0.497 e. The summed E-state index contributed by atoms with van der Waals surface area (Å²) in [4.78, 5) is 2.56. The van der Waals surface area contributed by atoms with E-state index in [1.165, 1.54) is 31.5 Å². The highest BCUT2D eigenvalue weighted by molar-refractivity contribution is 5.27. The summed E-state index contributed by atoms with van der Waals surface area (Å²) in [5.74, 6) is 1.78. The Hall–Kier alpha value is -1.06. The van der Waals surface area contributed by atoms with E-state index in [0.29, 0.717) is 6.04 Å². The first kappa shape index (κ1) is 14.4. The molecule has 1 N–H and O–H groups in total. The van der Waals surface area contributed by atoms with E-state index < -0.39 is 0 Å². The Labute approximate surface area is 116 Å². The molecule has 0 saturated carbocycles. The van der Waals surface area contributed by atoms with Gasteiger partial charge in [-0.1, -0.05) is 12.1 Å². The van der Waals surface area contributed by atoms with Gasteiger partial charge in [-0.05, 0) is 57.0 Å². The van der Waals surface area contributed by atoms with Crippen LogP contribution in [0.1, 0.15) is 25.3 Å². The first-order chi connectivity index (χ1) is 9.21. The Balaban J connectivity index is 1.80. The third-order valence-corrected chi connectivity index (χ3v) is 4.11. The van der Waals surface area contributed by atoms with E-state index in [-0.39, 0.29) is 0 Å². The van der Waals surface area contributed by atoms with Crippen LogP contribution in [0.3, 0.4) is 0 Å². The number of rotatable bonds is 6. The summed E-state index contributed by atoms with van der Waals surface area (Å²) >= 11 is 0. The van der Waals surface area contributed by atoms with Crippen LogP contribution in [0.5, 0.6) is 5.75 Å². The van der Waals surface area contributed by atoms with Crippen molar-refractivity contribution in [1.82, 2.24) is 10.2 Å². The number of methoxy groups -OCH3 is 1. The molecule has 1 aliphatic heterocycles. The molecular weight excluding hydrogens is 236 g/mol. The first-order valence-corrected chi connectivity index (χ1v) is 7.23. The molecule has 106 valence electrons. The predicted octanol–water partition coefficient (Wildman–Crippen LogP) is 2.52. The third kappa shape index (κ3) is 4.22. The van der Waals surface area contributed by atoms with Gasteiger partial charge in [0.2, 0.25) is 0 Å². The van der Waals surface area contributed by atoms with Gasteiger partial charge in [0, 0.05) is 19.1 Å². The lowest BCUT2D eigenvalue weighted by atomic mass is 10.0. The summed E-state index contributed by atoms with van der Waals surface area (Å²) in [5.41, 5.74) is 1.38. The average Bonchev–Trinajstić information content (AvgIpc) is 2.86. The highest BCUT2D eigenvalue weighted by atomic mass is 16.5. The van der Waals surface area contributed by atoms with Gasteiger partial charge in [-0.15, -0.1) is 0 Å². The molecule has 0 amide bonds. The molecule has 0 bridgehead atoms. The number of hydrogen-bond donors (Lipinski definition) is 1. The molecule has 1 saturated heterocycles. The topological polar surface area (TPSA) is 24.5 Å². The van der Waals surface area contributed by atoms with Gasteiger partial charge < -0.3 is 10.1 Å². The molecule has 19 heavy (non-hydrogen) atoms. The molecule has 1 heterocycles. The van der Waals surface area contributed by atoms with Crippen molar-refractivity contribution in [3.05, 3.63) is 29.8 Å². The highest BCUT2D eigenvalue weighted by Crippen LogP contribution is 2.23. The second-order valence-corrected chi connectivity index (χ2v) is 5.66. The predicted molar refractivity (Wildman–Crippen MR) is 79.5 cm³/mol. The Morgan fingerprint density at radius 2 is 2.11 bits per heavy atom. The molecule has 1 aliphatic rings. The maximum atomic E-state index is 5.19. The van der Waals surface area contributed by atoms with Crippen LogP contribution < -0.4 is 10.1 Å². The van der Waals surface area contributed by atoms with Gasteiger partial charge in [0.15, 0.2) is 0 Å². The van der Waals surface area contributed by atoms with Crippen LogP contribution in [0, 0.1) is 5.92 Å². The molecule has 3 heteroatoms. The maximum Gasteiger partial charge on any atom is 0.118 e. The fraction of sp³-hybridized carbons (Fsp3) is 0.625.